The first-order valence-corrected chi connectivity index (χ1v) is 6.61. The molecule has 0 aromatic heterocycles. The highest BCUT2D eigenvalue weighted by Gasteiger charge is 2.30. The summed E-state index contributed by atoms with van der Waals surface area (Å²) in [5.74, 6) is -1.23. The van der Waals surface area contributed by atoms with Crippen LogP contribution >= 0.6 is 15.9 Å². The first-order chi connectivity index (χ1) is 8.58. The summed E-state index contributed by atoms with van der Waals surface area (Å²) < 4.78 is 0.910. The predicted molar refractivity (Wildman–Crippen MR) is 70.2 cm³/mol. The van der Waals surface area contributed by atoms with Crippen LogP contribution < -0.4 is 0 Å². The third-order valence-corrected chi connectivity index (χ3v) is 3.96. The van der Waals surface area contributed by atoms with Gasteiger partial charge >= 0.3 is 5.97 Å². The maximum Gasteiger partial charge on any atom is 0.308 e. The number of amides is 1. The molecular weight excluding hydrogens is 298 g/mol. The molecule has 4 nitrogen and oxygen atoms in total. The zero-order valence-electron chi connectivity index (χ0n) is 9.80. The number of carboxylic acid groups (broad SMARTS) is 1. The van der Waals surface area contributed by atoms with Gasteiger partial charge in [-0.25, -0.2) is 0 Å². The highest BCUT2D eigenvalue weighted by molar-refractivity contribution is 9.10. The van der Waals surface area contributed by atoms with E-state index in [1.165, 1.54) is 0 Å². The summed E-state index contributed by atoms with van der Waals surface area (Å²) in [4.78, 5) is 24.5. The van der Waals surface area contributed by atoms with Crippen molar-refractivity contribution in [2.45, 2.75) is 12.8 Å². The molecule has 1 aliphatic rings. The third-order valence-electron chi connectivity index (χ3n) is 3.19. The van der Waals surface area contributed by atoms with Crippen LogP contribution in [0.3, 0.4) is 0 Å². The Labute approximate surface area is 114 Å². The fourth-order valence-corrected chi connectivity index (χ4v) is 2.53. The van der Waals surface area contributed by atoms with Gasteiger partial charge in [-0.1, -0.05) is 34.1 Å². The molecular formula is C13H14BrNO3. The first-order valence-electron chi connectivity index (χ1n) is 5.82. The van der Waals surface area contributed by atoms with Gasteiger partial charge < -0.3 is 10.0 Å². The molecule has 1 aromatic carbocycles. The normalized spacial score (nSPS) is 18.9. The average Bonchev–Trinajstić information content (AvgIpc) is 2.81. The van der Waals surface area contributed by atoms with E-state index < -0.39 is 11.9 Å². The molecule has 0 saturated carbocycles. The molecule has 1 aromatic rings. The van der Waals surface area contributed by atoms with Crippen molar-refractivity contribution < 1.29 is 14.7 Å². The standard InChI is InChI=1S/C13H14BrNO3/c14-11-4-2-1-3-9(11)7-12(16)15-6-5-10(8-15)13(17)18/h1-4,10H,5-8H2,(H,17,18)/t10-/m1/s1. The largest absolute Gasteiger partial charge is 0.481 e. The number of hydrogen-bond donors (Lipinski definition) is 1. The molecule has 0 aliphatic carbocycles. The lowest BCUT2D eigenvalue weighted by Gasteiger charge is -2.16. The molecule has 18 heavy (non-hydrogen) atoms. The Morgan fingerprint density at radius 3 is 2.72 bits per heavy atom. The van der Waals surface area contributed by atoms with Crippen LogP contribution in [0.1, 0.15) is 12.0 Å². The van der Waals surface area contributed by atoms with Crippen molar-refractivity contribution in [3.8, 4) is 0 Å². The summed E-state index contributed by atoms with van der Waals surface area (Å²) in [5.41, 5.74) is 0.932. The number of nitrogens with zero attached hydrogens (tertiary/aromatic N) is 1. The van der Waals surface area contributed by atoms with E-state index in [1.54, 1.807) is 4.90 Å². The number of benzene rings is 1. The van der Waals surface area contributed by atoms with Crippen LogP contribution in [-0.2, 0) is 16.0 Å². The lowest BCUT2D eigenvalue weighted by atomic mass is 10.1. The van der Waals surface area contributed by atoms with Gasteiger partial charge in [-0.15, -0.1) is 0 Å². The highest BCUT2D eigenvalue weighted by Crippen LogP contribution is 2.20. The minimum Gasteiger partial charge on any atom is -0.481 e. The van der Waals surface area contributed by atoms with Crippen LogP contribution in [0.5, 0.6) is 0 Å². The summed E-state index contributed by atoms with van der Waals surface area (Å²) in [6.07, 6.45) is 0.866. The molecule has 96 valence electrons. The minimum atomic E-state index is -0.814. The molecule has 1 saturated heterocycles. The monoisotopic (exact) mass is 311 g/mol. The van der Waals surface area contributed by atoms with E-state index in [1.807, 2.05) is 24.3 Å². The van der Waals surface area contributed by atoms with Crippen LogP contribution in [0.25, 0.3) is 0 Å². The molecule has 0 unspecified atom stereocenters. The summed E-state index contributed by atoms with van der Waals surface area (Å²) in [5, 5.41) is 8.90. The van der Waals surface area contributed by atoms with Crippen molar-refractivity contribution >= 4 is 27.8 Å². The minimum absolute atomic E-state index is 0.00866. The Kier molecular flexibility index (Phi) is 4.01. The van der Waals surface area contributed by atoms with Crippen molar-refractivity contribution in [3.63, 3.8) is 0 Å². The van der Waals surface area contributed by atoms with Gasteiger partial charge in [-0.3, -0.25) is 9.59 Å². The number of aliphatic carboxylic acids is 1. The zero-order valence-corrected chi connectivity index (χ0v) is 11.4. The van der Waals surface area contributed by atoms with E-state index in [0.717, 1.165) is 10.0 Å². The maximum atomic E-state index is 12.0. The topological polar surface area (TPSA) is 57.6 Å². The fraction of sp³-hybridized carbons (Fsp3) is 0.385. The van der Waals surface area contributed by atoms with E-state index in [4.69, 9.17) is 5.11 Å². The smallest absolute Gasteiger partial charge is 0.308 e. The molecule has 5 heteroatoms. The van der Waals surface area contributed by atoms with E-state index in [9.17, 15) is 9.59 Å². The molecule has 1 atom stereocenters. The van der Waals surface area contributed by atoms with Gasteiger partial charge in [-0.2, -0.15) is 0 Å². The number of carbonyl (C=O) groups excluding carboxylic acids is 1. The summed E-state index contributed by atoms with van der Waals surface area (Å²) in [7, 11) is 0. The number of rotatable bonds is 3. The Morgan fingerprint density at radius 1 is 1.39 bits per heavy atom. The van der Waals surface area contributed by atoms with Gasteiger partial charge in [0.25, 0.3) is 0 Å². The van der Waals surface area contributed by atoms with E-state index in [2.05, 4.69) is 15.9 Å². The molecule has 2 rings (SSSR count). The molecule has 1 heterocycles. The van der Waals surface area contributed by atoms with Gasteiger partial charge in [0.15, 0.2) is 0 Å². The van der Waals surface area contributed by atoms with E-state index in [0.29, 0.717) is 25.9 Å². The van der Waals surface area contributed by atoms with Gasteiger partial charge in [0.05, 0.1) is 12.3 Å². The Hall–Kier alpha value is -1.36. The van der Waals surface area contributed by atoms with Crippen LogP contribution in [0.4, 0.5) is 0 Å². The molecule has 0 bridgehead atoms. The fourth-order valence-electron chi connectivity index (χ4n) is 2.10. The predicted octanol–water partition coefficient (Wildman–Crippen LogP) is 1.92. The van der Waals surface area contributed by atoms with Crippen LogP contribution in [0.15, 0.2) is 28.7 Å². The highest BCUT2D eigenvalue weighted by atomic mass is 79.9. The Morgan fingerprint density at radius 2 is 2.11 bits per heavy atom. The van der Waals surface area contributed by atoms with Gasteiger partial charge in [-0.05, 0) is 18.1 Å². The number of halogens is 1. The SMILES string of the molecule is O=C(O)[C@@H]1CCN(C(=O)Cc2ccccc2Br)C1. The Bertz CT molecular complexity index is 475. The quantitative estimate of drug-likeness (QED) is 0.928. The van der Waals surface area contributed by atoms with Gasteiger partial charge in [0.2, 0.25) is 5.91 Å². The second-order valence-corrected chi connectivity index (χ2v) is 5.29. The lowest BCUT2D eigenvalue weighted by Crippen LogP contribution is -2.31. The summed E-state index contributed by atoms with van der Waals surface area (Å²) in [6.45, 7) is 0.874. The number of carboxylic acids is 1. The third kappa shape index (κ3) is 2.90. The van der Waals surface area contributed by atoms with Crippen LogP contribution in [0, 0.1) is 5.92 Å². The van der Waals surface area contributed by atoms with Crippen LogP contribution in [-0.4, -0.2) is 35.0 Å². The summed E-state index contributed by atoms with van der Waals surface area (Å²) in [6, 6.07) is 7.57. The Balaban J connectivity index is 1.98. The molecule has 1 aliphatic heterocycles. The van der Waals surface area contributed by atoms with Crippen LogP contribution in [0.2, 0.25) is 0 Å². The number of hydrogen-bond acceptors (Lipinski definition) is 2. The average molecular weight is 312 g/mol. The second-order valence-electron chi connectivity index (χ2n) is 4.43. The first kappa shape index (κ1) is 13.1. The zero-order chi connectivity index (χ0) is 13.1. The second kappa shape index (κ2) is 5.52. The number of likely N-dealkylation sites (tertiary alicyclic amines) is 1. The lowest BCUT2D eigenvalue weighted by molar-refractivity contribution is -0.141. The van der Waals surface area contributed by atoms with Crippen molar-refractivity contribution in [2.75, 3.05) is 13.1 Å². The van der Waals surface area contributed by atoms with Crippen molar-refractivity contribution in [1.82, 2.24) is 4.90 Å². The molecule has 1 N–H and O–H groups in total. The summed E-state index contributed by atoms with van der Waals surface area (Å²) >= 11 is 3.40. The molecule has 1 fully saturated rings. The van der Waals surface area contributed by atoms with Gasteiger partial charge in [0.1, 0.15) is 0 Å². The molecule has 0 spiro atoms. The van der Waals surface area contributed by atoms with Crippen molar-refractivity contribution in [2.24, 2.45) is 5.92 Å². The van der Waals surface area contributed by atoms with Crippen molar-refractivity contribution in [1.29, 1.82) is 0 Å². The molecule has 1 amide bonds. The van der Waals surface area contributed by atoms with E-state index >= 15 is 0 Å². The van der Waals surface area contributed by atoms with Gasteiger partial charge in [0, 0.05) is 17.6 Å². The van der Waals surface area contributed by atoms with Crippen molar-refractivity contribution in [3.05, 3.63) is 34.3 Å². The molecule has 0 radical (unpaired) electrons. The maximum absolute atomic E-state index is 12.0. The van der Waals surface area contributed by atoms with E-state index in [-0.39, 0.29) is 5.91 Å². The number of carbonyl (C=O) groups is 2.